The van der Waals surface area contributed by atoms with Gasteiger partial charge in [-0.15, -0.1) is 0 Å². The lowest BCUT2D eigenvalue weighted by Crippen LogP contribution is -2.39. The Bertz CT molecular complexity index is 912. The highest BCUT2D eigenvalue weighted by Crippen LogP contribution is 2.33. The summed E-state index contributed by atoms with van der Waals surface area (Å²) >= 11 is 0. The number of para-hydroxylation sites is 2. The number of ether oxygens (including phenoxy) is 2. The Morgan fingerprint density at radius 2 is 1.93 bits per heavy atom. The largest absolute Gasteiger partial charge is 0.497 e. The van der Waals surface area contributed by atoms with Crippen molar-refractivity contribution in [2.24, 2.45) is 0 Å². The predicted octanol–water partition coefficient (Wildman–Crippen LogP) is 1.93. The van der Waals surface area contributed by atoms with Gasteiger partial charge < -0.3 is 14.8 Å². The number of methoxy groups -OCH3 is 1. The molecule has 1 aliphatic rings. The normalized spacial score (nSPS) is 16.7. The van der Waals surface area contributed by atoms with Crippen molar-refractivity contribution in [3.63, 3.8) is 0 Å². The lowest BCUT2D eigenvalue weighted by molar-refractivity contribution is -0.128. The van der Waals surface area contributed by atoms with Gasteiger partial charge in [0.1, 0.15) is 11.5 Å². The summed E-state index contributed by atoms with van der Waals surface area (Å²) < 4.78 is 36.4. The minimum atomic E-state index is -3.46. The van der Waals surface area contributed by atoms with E-state index in [4.69, 9.17) is 9.47 Å². The molecular formula is C19H22N2O5S. The van der Waals surface area contributed by atoms with E-state index in [1.165, 1.54) is 4.31 Å². The Labute approximate surface area is 158 Å². The van der Waals surface area contributed by atoms with Gasteiger partial charge in [0.05, 0.1) is 19.1 Å². The first kappa shape index (κ1) is 19.0. The van der Waals surface area contributed by atoms with Gasteiger partial charge in [-0.25, -0.2) is 8.42 Å². The number of amides is 1. The highest BCUT2D eigenvalue weighted by molar-refractivity contribution is 7.92. The quantitative estimate of drug-likeness (QED) is 0.843. The van der Waals surface area contributed by atoms with Crippen molar-refractivity contribution in [2.75, 3.05) is 24.2 Å². The van der Waals surface area contributed by atoms with Crippen LogP contribution in [0.4, 0.5) is 5.69 Å². The minimum Gasteiger partial charge on any atom is -0.497 e. The average molecular weight is 390 g/mol. The van der Waals surface area contributed by atoms with Crippen LogP contribution in [0.15, 0.2) is 48.5 Å². The monoisotopic (exact) mass is 390 g/mol. The lowest BCUT2D eigenvalue weighted by atomic mass is 10.2. The molecule has 0 saturated carbocycles. The molecule has 0 unspecified atom stereocenters. The maximum absolute atomic E-state index is 12.6. The Balaban J connectivity index is 1.71. The van der Waals surface area contributed by atoms with Gasteiger partial charge in [0.15, 0.2) is 6.10 Å². The summed E-state index contributed by atoms with van der Waals surface area (Å²) in [5.41, 5.74) is 1.38. The molecule has 1 amide bonds. The van der Waals surface area contributed by atoms with Crippen molar-refractivity contribution in [1.82, 2.24) is 5.32 Å². The van der Waals surface area contributed by atoms with Crippen LogP contribution in [0.1, 0.15) is 12.0 Å². The zero-order valence-electron chi connectivity index (χ0n) is 15.2. The van der Waals surface area contributed by atoms with Crippen LogP contribution in [-0.4, -0.2) is 40.3 Å². The van der Waals surface area contributed by atoms with Gasteiger partial charge in [-0.3, -0.25) is 9.10 Å². The van der Waals surface area contributed by atoms with E-state index in [2.05, 4.69) is 5.32 Å². The van der Waals surface area contributed by atoms with Crippen LogP contribution >= 0.6 is 0 Å². The summed E-state index contributed by atoms with van der Waals surface area (Å²) in [4.78, 5) is 12.6. The lowest BCUT2D eigenvalue weighted by Gasteiger charge is -2.20. The number of fused-ring (bicyclic) bond motifs is 1. The molecule has 7 nitrogen and oxygen atoms in total. The molecule has 2 aromatic carbocycles. The number of nitrogens with zero attached hydrogens (tertiary/aromatic N) is 1. The Morgan fingerprint density at radius 1 is 1.22 bits per heavy atom. The number of hydrogen-bond acceptors (Lipinski definition) is 5. The fourth-order valence-corrected chi connectivity index (χ4v) is 3.85. The van der Waals surface area contributed by atoms with Gasteiger partial charge in [-0.05, 0) is 29.8 Å². The van der Waals surface area contributed by atoms with Crippen molar-refractivity contribution in [1.29, 1.82) is 0 Å². The number of rotatable bonds is 5. The summed E-state index contributed by atoms with van der Waals surface area (Å²) in [6, 6.07) is 14.2. The van der Waals surface area contributed by atoms with Crippen molar-refractivity contribution < 1.29 is 22.7 Å². The van der Waals surface area contributed by atoms with Crippen LogP contribution in [0, 0.1) is 0 Å². The molecule has 3 rings (SSSR count). The van der Waals surface area contributed by atoms with E-state index < -0.39 is 16.1 Å². The zero-order chi connectivity index (χ0) is 19.4. The first-order valence-electron chi connectivity index (χ1n) is 8.52. The number of hydrogen-bond donors (Lipinski definition) is 1. The number of anilines is 1. The highest BCUT2D eigenvalue weighted by Gasteiger charge is 2.30. The van der Waals surface area contributed by atoms with E-state index >= 15 is 0 Å². The molecule has 144 valence electrons. The van der Waals surface area contributed by atoms with Crippen molar-refractivity contribution >= 4 is 21.6 Å². The fraction of sp³-hybridized carbons (Fsp3) is 0.316. The van der Waals surface area contributed by atoms with Crippen LogP contribution in [0.2, 0.25) is 0 Å². The fourth-order valence-electron chi connectivity index (χ4n) is 2.91. The number of benzene rings is 2. The summed E-state index contributed by atoms with van der Waals surface area (Å²) in [5.74, 6) is 0.843. The second kappa shape index (κ2) is 7.87. The second-order valence-electron chi connectivity index (χ2n) is 6.26. The molecule has 0 bridgehead atoms. The van der Waals surface area contributed by atoms with Gasteiger partial charge >= 0.3 is 0 Å². The van der Waals surface area contributed by atoms with Crippen LogP contribution < -0.4 is 19.1 Å². The standard InChI is InChI=1S/C19H22N2O5S/c1-25-15-9-7-14(8-10-15)13-20-19(22)18-11-12-21(27(2,23)24)16-5-3-4-6-17(16)26-18/h3-10,18H,11-13H2,1-2H3,(H,20,22)/t18-/m0/s1. The second-order valence-corrected chi connectivity index (χ2v) is 8.17. The molecule has 1 aliphatic heterocycles. The number of carbonyl (C=O) groups excluding carboxylic acids is 1. The van der Waals surface area contributed by atoms with Crippen LogP contribution in [0.3, 0.4) is 0 Å². The highest BCUT2D eigenvalue weighted by atomic mass is 32.2. The van der Waals surface area contributed by atoms with Gasteiger partial charge in [-0.2, -0.15) is 0 Å². The Kier molecular flexibility index (Phi) is 5.55. The maximum Gasteiger partial charge on any atom is 0.261 e. The van der Waals surface area contributed by atoms with Gasteiger partial charge in [0.2, 0.25) is 10.0 Å². The summed E-state index contributed by atoms with van der Waals surface area (Å²) in [6.45, 7) is 0.524. The van der Waals surface area contributed by atoms with Gasteiger partial charge in [0, 0.05) is 19.5 Å². The molecule has 0 aromatic heterocycles. The molecule has 0 fully saturated rings. The summed E-state index contributed by atoms with van der Waals surface area (Å²) in [7, 11) is -1.87. The predicted molar refractivity (Wildman–Crippen MR) is 103 cm³/mol. The molecule has 0 radical (unpaired) electrons. The molecule has 1 atom stereocenters. The third kappa shape index (κ3) is 4.51. The smallest absolute Gasteiger partial charge is 0.261 e. The van der Waals surface area contributed by atoms with E-state index in [1.54, 1.807) is 31.4 Å². The molecule has 0 saturated heterocycles. The molecular weight excluding hydrogens is 368 g/mol. The van der Waals surface area contributed by atoms with Crippen molar-refractivity contribution in [3.8, 4) is 11.5 Å². The van der Waals surface area contributed by atoms with E-state index in [1.807, 2.05) is 24.3 Å². The van der Waals surface area contributed by atoms with E-state index in [0.717, 1.165) is 17.6 Å². The number of sulfonamides is 1. The minimum absolute atomic E-state index is 0.177. The molecule has 1 N–H and O–H groups in total. The SMILES string of the molecule is COc1ccc(CNC(=O)[C@@H]2CCN(S(C)(=O)=O)c3ccccc3O2)cc1. The molecule has 8 heteroatoms. The third-order valence-corrected chi connectivity index (χ3v) is 5.50. The van der Waals surface area contributed by atoms with Crippen molar-refractivity contribution in [3.05, 3.63) is 54.1 Å². The maximum atomic E-state index is 12.6. The molecule has 2 aromatic rings. The number of carbonyl (C=O) groups is 1. The van der Waals surface area contributed by atoms with Crippen molar-refractivity contribution in [2.45, 2.75) is 19.1 Å². The van der Waals surface area contributed by atoms with Crippen LogP contribution in [0.25, 0.3) is 0 Å². The zero-order valence-corrected chi connectivity index (χ0v) is 16.0. The van der Waals surface area contributed by atoms with E-state index in [9.17, 15) is 13.2 Å². The molecule has 1 heterocycles. The molecule has 0 spiro atoms. The van der Waals surface area contributed by atoms with Gasteiger partial charge in [-0.1, -0.05) is 24.3 Å². The third-order valence-electron chi connectivity index (χ3n) is 4.32. The Hall–Kier alpha value is -2.74. The first-order chi connectivity index (χ1) is 12.9. The van der Waals surface area contributed by atoms with Crippen LogP contribution in [-0.2, 0) is 21.4 Å². The summed E-state index contributed by atoms with van der Waals surface area (Å²) in [6.07, 6.45) is 0.639. The average Bonchev–Trinajstić information content (AvgIpc) is 2.86. The summed E-state index contributed by atoms with van der Waals surface area (Å²) in [5, 5.41) is 2.85. The van der Waals surface area contributed by atoms with Gasteiger partial charge in [0.25, 0.3) is 5.91 Å². The first-order valence-corrected chi connectivity index (χ1v) is 10.4. The van der Waals surface area contributed by atoms with E-state index in [0.29, 0.717) is 18.0 Å². The topological polar surface area (TPSA) is 84.9 Å². The number of nitrogens with one attached hydrogen (secondary N) is 1. The van der Waals surface area contributed by atoms with E-state index in [-0.39, 0.29) is 18.9 Å². The molecule has 27 heavy (non-hydrogen) atoms. The Morgan fingerprint density at radius 3 is 2.59 bits per heavy atom. The molecule has 0 aliphatic carbocycles. The van der Waals surface area contributed by atoms with Crippen LogP contribution in [0.5, 0.6) is 11.5 Å².